The number of aromatic nitrogens is 2. The molecule has 2 aromatic carbocycles. The van der Waals surface area contributed by atoms with Gasteiger partial charge in [0.25, 0.3) is 10.0 Å². The first-order chi connectivity index (χ1) is 14.9. The molecule has 0 radical (unpaired) electrons. The third kappa shape index (κ3) is 4.67. The maximum absolute atomic E-state index is 13.0. The van der Waals surface area contributed by atoms with Crippen molar-refractivity contribution in [3.63, 3.8) is 0 Å². The van der Waals surface area contributed by atoms with E-state index in [0.717, 1.165) is 24.5 Å². The Hall–Kier alpha value is -3.04. The zero-order valence-electron chi connectivity index (χ0n) is 17.8. The highest BCUT2D eigenvalue weighted by molar-refractivity contribution is 7.92. The topological polar surface area (TPSA) is 88.5 Å². The number of rotatable bonds is 6. The number of ether oxygens (including phenoxy) is 1. The molecule has 31 heavy (non-hydrogen) atoms. The Morgan fingerprint density at radius 2 is 1.81 bits per heavy atom. The molecule has 1 aliphatic heterocycles. The molecule has 2 atom stereocenters. The van der Waals surface area contributed by atoms with Crippen LogP contribution in [0.25, 0.3) is 5.69 Å². The summed E-state index contributed by atoms with van der Waals surface area (Å²) in [6.45, 7) is 5.89. The van der Waals surface area contributed by atoms with Crippen LogP contribution in [0.4, 0.5) is 11.4 Å². The van der Waals surface area contributed by atoms with Crippen LogP contribution in [0.5, 0.6) is 5.75 Å². The fourth-order valence-corrected chi connectivity index (χ4v) is 4.99. The number of methoxy groups -OCH3 is 1. The van der Waals surface area contributed by atoms with Gasteiger partial charge in [-0.25, -0.2) is 13.1 Å². The predicted molar refractivity (Wildman–Crippen MR) is 122 cm³/mol. The van der Waals surface area contributed by atoms with Gasteiger partial charge in [0, 0.05) is 37.6 Å². The highest BCUT2D eigenvalue weighted by atomic mass is 32.2. The van der Waals surface area contributed by atoms with Gasteiger partial charge in [-0.15, -0.1) is 0 Å². The highest BCUT2D eigenvalue weighted by Gasteiger charge is 2.24. The number of hydrogen-bond donors (Lipinski definition) is 2. The van der Waals surface area contributed by atoms with Gasteiger partial charge in [0.2, 0.25) is 0 Å². The lowest BCUT2D eigenvalue weighted by Gasteiger charge is -2.38. The number of benzene rings is 2. The lowest BCUT2D eigenvalue weighted by atomic mass is 10.1. The third-order valence-corrected chi connectivity index (χ3v) is 6.64. The number of anilines is 2. The van der Waals surface area contributed by atoms with Gasteiger partial charge in [0.1, 0.15) is 5.75 Å². The molecule has 164 valence electrons. The van der Waals surface area contributed by atoms with Gasteiger partial charge in [0.05, 0.1) is 29.1 Å². The predicted octanol–water partition coefficient (Wildman–Crippen LogP) is 2.87. The molecule has 0 amide bonds. The Kier molecular flexibility index (Phi) is 5.88. The smallest absolute Gasteiger partial charge is 0.261 e. The van der Waals surface area contributed by atoms with Crippen LogP contribution in [-0.4, -0.2) is 50.5 Å². The van der Waals surface area contributed by atoms with E-state index in [1.54, 1.807) is 60.6 Å². The summed E-state index contributed by atoms with van der Waals surface area (Å²) in [5.41, 5.74) is 2.15. The fourth-order valence-electron chi connectivity index (χ4n) is 3.94. The molecule has 1 saturated heterocycles. The molecule has 2 heterocycles. The molecule has 0 spiro atoms. The van der Waals surface area contributed by atoms with Crippen LogP contribution in [0.1, 0.15) is 13.8 Å². The summed E-state index contributed by atoms with van der Waals surface area (Å²) < 4.78 is 35.8. The van der Waals surface area contributed by atoms with Crippen molar-refractivity contribution in [2.24, 2.45) is 0 Å². The summed E-state index contributed by atoms with van der Waals surface area (Å²) in [5, 5.41) is 7.66. The highest BCUT2D eigenvalue weighted by Crippen LogP contribution is 2.33. The summed E-state index contributed by atoms with van der Waals surface area (Å²) >= 11 is 0. The Bertz CT molecular complexity index is 1120. The van der Waals surface area contributed by atoms with E-state index in [-0.39, 0.29) is 4.90 Å². The van der Waals surface area contributed by atoms with Crippen molar-refractivity contribution in [2.45, 2.75) is 30.8 Å². The molecular weight excluding hydrogens is 414 g/mol. The van der Waals surface area contributed by atoms with E-state index in [0.29, 0.717) is 23.5 Å². The zero-order chi connectivity index (χ0) is 22.0. The second kappa shape index (κ2) is 8.60. The van der Waals surface area contributed by atoms with Crippen LogP contribution in [0, 0.1) is 0 Å². The Morgan fingerprint density at radius 1 is 1.10 bits per heavy atom. The van der Waals surface area contributed by atoms with E-state index in [1.807, 2.05) is 12.1 Å². The molecule has 1 aliphatic rings. The number of piperazine rings is 1. The lowest BCUT2D eigenvalue weighted by Crippen LogP contribution is -2.54. The van der Waals surface area contributed by atoms with Crippen LogP contribution in [-0.2, 0) is 10.0 Å². The summed E-state index contributed by atoms with van der Waals surface area (Å²) in [7, 11) is -2.11. The van der Waals surface area contributed by atoms with Crippen molar-refractivity contribution in [2.75, 3.05) is 29.8 Å². The van der Waals surface area contributed by atoms with Crippen LogP contribution in [0.15, 0.2) is 65.8 Å². The molecule has 8 nitrogen and oxygen atoms in total. The fraction of sp³-hybridized carbons (Fsp3) is 0.318. The van der Waals surface area contributed by atoms with Crippen LogP contribution >= 0.6 is 0 Å². The molecule has 4 rings (SSSR count). The molecule has 1 aromatic heterocycles. The molecule has 0 saturated carbocycles. The average molecular weight is 442 g/mol. The molecule has 0 aliphatic carbocycles. The normalized spacial score (nSPS) is 19.3. The molecule has 3 aromatic rings. The van der Waals surface area contributed by atoms with Gasteiger partial charge >= 0.3 is 0 Å². The molecule has 9 heteroatoms. The van der Waals surface area contributed by atoms with Crippen molar-refractivity contribution in [3.05, 3.63) is 60.9 Å². The molecule has 0 bridgehead atoms. The maximum atomic E-state index is 13.0. The van der Waals surface area contributed by atoms with Gasteiger partial charge in [0.15, 0.2) is 0 Å². The minimum Gasteiger partial charge on any atom is -0.495 e. The van der Waals surface area contributed by atoms with Crippen LogP contribution < -0.4 is 19.7 Å². The van der Waals surface area contributed by atoms with E-state index in [9.17, 15) is 8.42 Å². The number of nitrogens with zero attached hydrogens (tertiary/aromatic N) is 3. The van der Waals surface area contributed by atoms with E-state index in [2.05, 4.69) is 33.9 Å². The Morgan fingerprint density at radius 3 is 2.42 bits per heavy atom. The van der Waals surface area contributed by atoms with E-state index >= 15 is 0 Å². The standard InChI is InChI=1S/C22H27N5O3S/c1-16-14-26(15-17(2)24-16)21-13-18(5-10-22(21)30-3)25-31(28,29)20-8-6-19(7-9-20)27-12-4-11-23-27/h4-13,16-17,24-25H,14-15H2,1-3H3/t16-,17+. The average Bonchev–Trinajstić information content (AvgIpc) is 3.28. The number of sulfonamides is 1. The van der Waals surface area contributed by atoms with Gasteiger partial charge in [-0.2, -0.15) is 5.10 Å². The monoisotopic (exact) mass is 441 g/mol. The first-order valence-electron chi connectivity index (χ1n) is 10.2. The molecule has 2 N–H and O–H groups in total. The summed E-state index contributed by atoms with van der Waals surface area (Å²) in [5.74, 6) is 0.716. The Labute approximate surface area is 182 Å². The summed E-state index contributed by atoms with van der Waals surface area (Å²) in [6, 6.07) is 14.4. The Balaban J connectivity index is 1.58. The minimum absolute atomic E-state index is 0.185. The van der Waals surface area contributed by atoms with Crippen molar-refractivity contribution < 1.29 is 13.2 Å². The quantitative estimate of drug-likeness (QED) is 0.612. The molecular formula is C22H27N5O3S. The first-order valence-corrected chi connectivity index (χ1v) is 11.7. The van der Waals surface area contributed by atoms with Crippen LogP contribution in [0.3, 0.4) is 0 Å². The second-order valence-corrected chi connectivity index (χ2v) is 9.49. The molecule has 0 unspecified atom stereocenters. The van der Waals surface area contributed by atoms with E-state index in [4.69, 9.17) is 4.74 Å². The van der Waals surface area contributed by atoms with E-state index < -0.39 is 10.0 Å². The summed E-state index contributed by atoms with van der Waals surface area (Å²) in [4.78, 5) is 2.41. The van der Waals surface area contributed by atoms with Gasteiger partial charge < -0.3 is 15.0 Å². The number of nitrogens with one attached hydrogen (secondary N) is 2. The van der Waals surface area contributed by atoms with E-state index in [1.165, 1.54) is 0 Å². The second-order valence-electron chi connectivity index (χ2n) is 7.81. The third-order valence-electron chi connectivity index (χ3n) is 5.25. The van der Waals surface area contributed by atoms with Crippen molar-refractivity contribution in [3.8, 4) is 11.4 Å². The lowest BCUT2D eigenvalue weighted by molar-refractivity contribution is 0.391. The van der Waals surface area contributed by atoms with Crippen molar-refractivity contribution in [1.82, 2.24) is 15.1 Å². The van der Waals surface area contributed by atoms with Gasteiger partial charge in [-0.3, -0.25) is 4.72 Å². The number of hydrogen-bond acceptors (Lipinski definition) is 6. The van der Waals surface area contributed by atoms with Gasteiger partial charge in [-0.05, 0) is 62.4 Å². The van der Waals surface area contributed by atoms with Gasteiger partial charge in [-0.1, -0.05) is 0 Å². The zero-order valence-corrected chi connectivity index (χ0v) is 18.6. The maximum Gasteiger partial charge on any atom is 0.261 e. The first kappa shape index (κ1) is 21.2. The van der Waals surface area contributed by atoms with Crippen molar-refractivity contribution >= 4 is 21.4 Å². The SMILES string of the molecule is COc1ccc(NS(=O)(=O)c2ccc(-n3cccn3)cc2)cc1N1C[C@@H](C)N[C@@H](C)C1. The van der Waals surface area contributed by atoms with Crippen molar-refractivity contribution in [1.29, 1.82) is 0 Å². The summed E-state index contributed by atoms with van der Waals surface area (Å²) in [6.07, 6.45) is 3.48. The molecule has 1 fully saturated rings. The largest absolute Gasteiger partial charge is 0.495 e. The minimum atomic E-state index is -3.74. The van der Waals surface area contributed by atoms with Crippen LogP contribution in [0.2, 0.25) is 0 Å².